The first-order valence-corrected chi connectivity index (χ1v) is 7.07. The van der Waals surface area contributed by atoms with Crippen molar-refractivity contribution in [2.75, 3.05) is 7.05 Å². The van der Waals surface area contributed by atoms with Gasteiger partial charge in [0.2, 0.25) is 0 Å². The minimum absolute atomic E-state index is 0.109. The summed E-state index contributed by atoms with van der Waals surface area (Å²) in [5, 5.41) is 3.86. The number of halogens is 3. The number of aryl methyl sites for hydroxylation is 1. The van der Waals surface area contributed by atoms with Crippen LogP contribution in [0.2, 0.25) is 5.02 Å². The van der Waals surface area contributed by atoms with Gasteiger partial charge >= 0.3 is 0 Å². The summed E-state index contributed by atoms with van der Waals surface area (Å²) in [6, 6.07) is 10.5. The lowest BCUT2D eigenvalue weighted by molar-refractivity contribution is 0.615. The molecule has 4 heteroatoms. The van der Waals surface area contributed by atoms with E-state index in [1.807, 2.05) is 38.2 Å². The molecule has 0 radical (unpaired) electrons. The Bertz CT molecular complexity index is 580. The van der Waals surface area contributed by atoms with Gasteiger partial charge in [0.25, 0.3) is 0 Å². The SMILES string of the molecule is CNC(c1cc(C)cc(F)c1)c1cc(Cl)ccc1Br. The topological polar surface area (TPSA) is 12.0 Å². The summed E-state index contributed by atoms with van der Waals surface area (Å²) in [5.74, 6) is -0.228. The van der Waals surface area contributed by atoms with Crippen molar-refractivity contribution in [2.24, 2.45) is 0 Å². The number of hydrogen-bond acceptors (Lipinski definition) is 1. The molecule has 0 saturated heterocycles. The molecule has 1 N–H and O–H groups in total. The van der Waals surface area contributed by atoms with E-state index < -0.39 is 0 Å². The summed E-state index contributed by atoms with van der Waals surface area (Å²) in [6.45, 7) is 1.88. The Morgan fingerprint density at radius 1 is 1.21 bits per heavy atom. The van der Waals surface area contributed by atoms with Crippen LogP contribution < -0.4 is 5.32 Å². The molecule has 0 aromatic heterocycles. The second kappa shape index (κ2) is 6.04. The lowest BCUT2D eigenvalue weighted by atomic mass is 9.97. The average molecular weight is 343 g/mol. The first-order chi connectivity index (χ1) is 9.01. The summed E-state index contributed by atoms with van der Waals surface area (Å²) in [7, 11) is 1.85. The Labute approximate surface area is 125 Å². The van der Waals surface area contributed by atoms with Crippen LogP contribution in [0.5, 0.6) is 0 Å². The maximum absolute atomic E-state index is 13.6. The van der Waals surface area contributed by atoms with Gasteiger partial charge in [0, 0.05) is 9.50 Å². The van der Waals surface area contributed by atoms with Gasteiger partial charge < -0.3 is 5.32 Å². The fourth-order valence-corrected chi connectivity index (χ4v) is 2.82. The van der Waals surface area contributed by atoms with Crippen molar-refractivity contribution < 1.29 is 4.39 Å². The van der Waals surface area contributed by atoms with Crippen molar-refractivity contribution in [3.8, 4) is 0 Å². The normalized spacial score (nSPS) is 12.5. The molecule has 0 heterocycles. The molecule has 19 heavy (non-hydrogen) atoms. The van der Waals surface area contributed by atoms with Gasteiger partial charge in [0.15, 0.2) is 0 Å². The molecule has 1 unspecified atom stereocenters. The summed E-state index contributed by atoms with van der Waals surface area (Å²) in [5.41, 5.74) is 2.76. The van der Waals surface area contributed by atoms with E-state index >= 15 is 0 Å². The Balaban J connectivity index is 2.52. The lowest BCUT2D eigenvalue weighted by Crippen LogP contribution is -2.18. The van der Waals surface area contributed by atoms with Crippen LogP contribution in [0.3, 0.4) is 0 Å². The highest BCUT2D eigenvalue weighted by Crippen LogP contribution is 2.31. The van der Waals surface area contributed by atoms with Gasteiger partial charge in [0.1, 0.15) is 5.82 Å². The van der Waals surface area contributed by atoms with Gasteiger partial charge in [-0.05, 0) is 61.0 Å². The van der Waals surface area contributed by atoms with E-state index in [1.54, 1.807) is 6.07 Å². The van der Waals surface area contributed by atoms with Gasteiger partial charge in [-0.3, -0.25) is 0 Å². The molecular formula is C15H14BrClFN. The average Bonchev–Trinajstić information content (AvgIpc) is 2.33. The number of rotatable bonds is 3. The van der Waals surface area contributed by atoms with Gasteiger partial charge in [-0.2, -0.15) is 0 Å². The van der Waals surface area contributed by atoms with Crippen LogP contribution in [-0.4, -0.2) is 7.05 Å². The third kappa shape index (κ3) is 3.35. The number of nitrogens with one attached hydrogen (secondary N) is 1. The lowest BCUT2D eigenvalue weighted by Gasteiger charge is -2.19. The highest BCUT2D eigenvalue weighted by molar-refractivity contribution is 9.10. The zero-order chi connectivity index (χ0) is 14.0. The third-order valence-electron chi connectivity index (χ3n) is 2.96. The second-order valence-electron chi connectivity index (χ2n) is 4.45. The van der Waals surface area contributed by atoms with Crippen LogP contribution in [0.25, 0.3) is 0 Å². The fourth-order valence-electron chi connectivity index (χ4n) is 2.17. The molecule has 0 saturated carbocycles. The minimum atomic E-state index is -0.228. The molecular weight excluding hydrogens is 329 g/mol. The number of hydrogen-bond donors (Lipinski definition) is 1. The zero-order valence-corrected chi connectivity index (χ0v) is 13.0. The second-order valence-corrected chi connectivity index (χ2v) is 5.74. The van der Waals surface area contributed by atoms with Crippen molar-refractivity contribution in [3.05, 3.63) is 68.4 Å². The molecule has 0 aliphatic carbocycles. The summed E-state index contributed by atoms with van der Waals surface area (Å²) in [4.78, 5) is 0. The Hall–Kier alpha value is -0.900. The van der Waals surface area contributed by atoms with Crippen LogP contribution in [0.1, 0.15) is 22.7 Å². The van der Waals surface area contributed by atoms with Crippen molar-refractivity contribution in [1.29, 1.82) is 0 Å². The van der Waals surface area contributed by atoms with E-state index in [1.165, 1.54) is 6.07 Å². The predicted molar refractivity (Wildman–Crippen MR) is 81.2 cm³/mol. The van der Waals surface area contributed by atoms with Crippen LogP contribution in [0.4, 0.5) is 4.39 Å². The molecule has 0 amide bonds. The van der Waals surface area contributed by atoms with Gasteiger partial charge in [0.05, 0.1) is 6.04 Å². The van der Waals surface area contributed by atoms with Crippen LogP contribution in [-0.2, 0) is 0 Å². The molecule has 0 spiro atoms. The zero-order valence-electron chi connectivity index (χ0n) is 10.7. The quantitative estimate of drug-likeness (QED) is 0.840. The number of benzene rings is 2. The Morgan fingerprint density at radius 3 is 2.58 bits per heavy atom. The predicted octanol–water partition coefficient (Wildman–Crippen LogP) is 4.86. The Morgan fingerprint density at radius 2 is 1.95 bits per heavy atom. The molecule has 2 rings (SSSR count). The van der Waals surface area contributed by atoms with Crippen LogP contribution >= 0.6 is 27.5 Å². The smallest absolute Gasteiger partial charge is 0.123 e. The molecule has 2 aromatic carbocycles. The van der Waals surface area contributed by atoms with Crippen LogP contribution in [0.15, 0.2) is 40.9 Å². The van der Waals surface area contributed by atoms with Gasteiger partial charge in [-0.25, -0.2) is 4.39 Å². The van der Waals surface area contributed by atoms with E-state index in [9.17, 15) is 4.39 Å². The highest BCUT2D eigenvalue weighted by Gasteiger charge is 2.16. The summed E-state index contributed by atoms with van der Waals surface area (Å²) < 4.78 is 14.5. The first-order valence-electron chi connectivity index (χ1n) is 5.90. The van der Waals surface area contributed by atoms with E-state index in [0.29, 0.717) is 5.02 Å². The van der Waals surface area contributed by atoms with Crippen molar-refractivity contribution in [3.63, 3.8) is 0 Å². The van der Waals surface area contributed by atoms with E-state index in [4.69, 9.17) is 11.6 Å². The third-order valence-corrected chi connectivity index (χ3v) is 3.91. The molecule has 2 aromatic rings. The summed E-state index contributed by atoms with van der Waals surface area (Å²) >= 11 is 9.56. The van der Waals surface area contributed by atoms with Crippen molar-refractivity contribution >= 4 is 27.5 Å². The first kappa shape index (κ1) is 14.5. The summed E-state index contributed by atoms with van der Waals surface area (Å²) in [6.07, 6.45) is 0. The monoisotopic (exact) mass is 341 g/mol. The molecule has 1 nitrogen and oxygen atoms in total. The standard InChI is InChI=1S/C15H14BrClFN/c1-9-5-10(7-12(18)6-9)15(19-2)13-8-11(17)3-4-14(13)16/h3-8,15,19H,1-2H3. The molecule has 0 aliphatic heterocycles. The Kier molecular flexibility index (Phi) is 4.61. The van der Waals surface area contributed by atoms with E-state index in [-0.39, 0.29) is 11.9 Å². The van der Waals surface area contributed by atoms with Crippen molar-refractivity contribution in [1.82, 2.24) is 5.32 Å². The molecule has 0 aliphatic rings. The molecule has 1 atom stereocenters. The van der Waals surface area contributed by atoms with Crippen LogP contribution in [0, 0.1) is 12.7 Å². The largest absolute Gasteiger partial charge is 0.309 e. The minimum Gasteiger partial charge on any atom is -0.309 e. The maximum atomic E-state index is 13.6. The van der Waals surface area contributed by atoms with E-state index in [0.717, 1.165) is 21.2 Å². The molecule has 0 fully saturated rings. The maximum Gasteiger partial charge on any atom is 0.123 e. The highest BCUT2D eigenvalue weighted by atomic mass is 79.9. The van der Waals surface area contributed by atoms with Gasteiger partial charge in [-0.1, -0.05) is 33.6 Å². The fraction of sp³-hybridized carbons (Fsp3) is 0.200. The van der Waals surface area contributed by atoms with Gasteiger partial charge in [-0.15, -0.1) is 0 Å². The molecule has 100 valence electrons. The van der Waals surface area contributed by atoms with Crippen molar-refractivity contribution in [2.45, 2.75) is 13.0 Å². The molecule has 0 bridgehead atoms. The van der Waals surface area contributed by atoms with E-state index in [2.05, 4.69) is 21.2 Å².